The van der Waals surface area contributed by atoms with E-state index in [1.54, 1.807) is 11.8 Å². The summed E-state index contributed by atoms with van der Waals surface area (Å²) >= 11 is 0. The van der Waals surface area contributed by atoms with Gasteiger partial charge in [0.25, 0.3) is 5.56 Å². The Morgan fingerprint density at radius 2 is 2.04 bits per heavy atom. The minimum absolute atomic E-state index is 0.0556. The molecule has 148 valence electrons. The number of amides is 1. The van der Waals surface area contributed by atoms with E-state index < -0.39 is 0 Å². The van der Waals surface area contributed by atoms with E-state index in [9.17, 15) is 14.4 Å². The van der Waals surface area contributed by atoms with Crippen LogP contribution < -0.4 is 5.56 Å². The van der Waals surface area contributed by atoms with E-state index in [0.717, 1.165) is 16.8 Å². The van der Waals surface area contributed by atoms with Crippen LogP contribution in [0.1, 0.15) is 48.0 Å². The topological polar surface area (TPSA) is 92.4 Å². The van der Waals surface area contributed by atoms with Gasteiger partial charge in [-0.15, -0.1) is 0 Å². The average Bonchev–Trinajstić information content (AvgIpc) is 2.68. The number of nitrogens with zero attached hydrogens (tertiary/aromatic N) is 2. The lowest BCUT2D eigenvalue weighted by Gasteiger charge is -2.28. The van der Waals surface area contributed by atoms with Crippen molar-refractivity contribution in [2.75, 3.05) is 13.2 Å². The van der Waals surface area contributed by atoms with E-state index in [4.69, 9.17) is 4.74 Å². The Balaban J connectivity index is 1.69. The maximum atomic E-state index is 12.6. The van der Waals surface area contributed by atoms with Gasteiger partial charge in [-0.2, -0.15) is 0 Å². The number of aromatic nitrogens is 2. The normalized spacial score (nSPS) is 13.1. The summed E-state index contributed by atoms with van der Waals surface area (Å²) in [7, 11) is 0. The Kier molecular flexibility index (Phi) is 6.23. The first-order valence-electron chi connectivity index (χ1n) is 9.56. The lowest BCUT2D eigenvalue weighted by molar-refractivity contribution is -0.145. The number of carbonyl (C=O) groups excluding carboxylic acids is 2. The summed E-state index contributed by atoms with van der Waals surface area (Å²) in [5.41, 5.74) is 3.36. The van der Waals surface area contributed by atoms with Crippen molar-refractivity contribution in [1.82, 2.24) is 14.9 Å². The monoisotopic (exact) mass is 383 g/mol. The zero-order valence-electron chi connectivity index (χ0n) is 16.3. The Labute approximate surface area is 163 Å². The maximum absolute atomic E-state index is 12.6. The third kappa shape index (κ3) is 4.65. The van der Waals surface area contributed by atoms with Crippen LogP contribution in [0.2, 0.25) is 0 Å². The second-order valence-electron chi connectivity index (χ2n) is 6.91. The van der Waals surface area contributed by atoms with E-state index in [2.05, 4.69) is 9.97 Å². The number of hydrogen-bond acceptors (Lipinski definition) is 5. The SMILES string of the molecule is CCOC(=O)CCC(=O)N1CCc2nc(Cc3ccccc3C)[nH]c(=O)c2C1. The molecule has 0 fully saturated rings. The summed E-state index contributed by atoms with van der Waals surface area (Å²) in [6.45, 7) is 4.79. The van der Waals surface area contributed by atoms with E-state index >= 15 is 0 Å². The van der Waals surface area contributed by atoms with Gasteiger partial charge in [-0.1, -0.05) is 24.3 Å². The van der Waals surface area contributed by atoms with Gasteiger partial charge in [0.05, 0.1) is 30.8 Å². The number of aryl methyl sites for hydroxylation is 1. The highest BCUT2D eigenvalue weighted by atomic mass is 16.5. The molecule has 1 aromatic heterocycles. The average molecular weight is 383 g/mol. The van der Waals surface area contributed by atoms with Gasteiger partial charge in [-0.05, 0) is 25.0 Å². The van der Waals surface area contributed by atoms with Crippen molar-refractivity contribution in [3.63, 3.8) is 0 Å². The molecule has 0 radical (unpaired) electrons. The van der Waals surface area contributed by atoms with Crippen LogP contribution in [0.15, 0.2) is 29.1 Å². The van der Waals surface area contributed by atoms with Crippen LogP contribution in [0.25, 0.3) is 0 Å². The van der Waals surface area contributed by atoms with Gasteiger partial charge in [0.1, 0.15) is 5.82 Å². The minimum atomic E-state index is -0.381. The Morgan fingerprint density at radius 1 is 1.25 bits per heavy atom. The van der Waals surface area contributed by atoms with Crippen LogP contribution >= 0.6 is 0 Å². The summed E-state index contributed by atoms with van der Waals surface area (Å²) in [5.74, 6) is 0.107. The van der Waals surface area contributed by atoms with Crippen LogP contribution in [0.5, 0.6) is 0 Å². The third-order valence-electron chi connectivity index (χ3n) is 4.94. The molecule has 0 unspecified atom stereocenters. The summed E-state index contributed by atoms with van der Waals surface area (Å²) in [6.07, 6.45) is 1.24. The summed E-state index contributed by atoms with van der Waals surface area (Å²) in [4.78, 5) is 45.5. The second-order valence-corrected chi connectivity index (χ2v) is 6.91. The fourth-order valence-corrected chi connectivity index (χ4v) is 3.36. The number of rotatable bonds is 6. The number of fused-ring (bicyclic) bond motifs is 1. The number of hydrogen-bond donors (Lipinski definition) is 1. The fraction of sp³-hybridized carbons (Fsp3) is 0.429. The number of carbonyl (C=O) groups is 2. The summed E-state index contributed by atoms with van der Waals surface area (Å²) in [6, 6.07) is 8.01. The molecule has 0 spiro atoms. The molecule has 28 heavy (non-hydrogen) atoms. The lowest BCUT2D eigenvalue weighted by Crippen LogP contribution is -2.40. The first-order valence-corrected chi connectivity index (χ1v) is 9.56. The van der Waals surface area contributed by atoms with Crippen LogP contribution in [0.3, 0.4) is 0 Å². The maximum Gasteiger partial charge on any atom is 0.306 e. The Bertz CT molecular complexity index is 935. The quantitative estimate of drug-likeness (QED) is 0.769. The smallest absolute Gasteiger partial charge is 0.306 e. The van der Waals surface area contributed by atoms with Gasteiger partial charge in [-0.3, -0.25) is 14.4 Å². The molecule has 7 nitrogen and oxygen atoms in total. The van der Waals surface area contributed by atoms with Crippen LogP contribution in [0, 0.1) is 6.92 Å². The molecule has 7 heteroatoms. The second kappa shape index (κ2) is 8.82. The highest BCUT2D eigenvalue weighted by Crippen LogP contribution is 2.17. The first kappa shape index (κ1) is 19.8. The molecular weight excluding hydrogens is 358 g/mol. The Hall–Kier alpha value is -2.96. The van der Waals surface area contributed by atoms with Crippen molar-refractivity contribution in [1.29, 1.82) is 0 Å². The molecule has 1 aromatic carbocycles. The van der Waals surface area contributed by atoms with Crippen molar-refractivity contribution in [2.24, 2.45) is 0 Å². The zero-order valence-corrected chi connectivity index (χ0v) is 16.3. The first-order chi connectivity index (χ1) is 13.5. The summed E-state index contributed by atoms with van der Waals surface area (Å²) in [5, 5.41) is 0. The minimum Gasteiger partial charge on any atom is -0.466 e. The van der Waals surface area contributed by atoms with Gasteiger partial charge < -0.3 is 14.6 Å². The van der Waals surface area contributed by atoms with E-state index in [1.165, 1.54) is 0 Å². The Morgan fingerprint density at radius 3 is 2.79 bits per heavy atom. The number of aromatic amines is 1. The molecule has 0 atom stereocenters. The highest BCUT2D eigenvalue weighted by molar-refractivity contribution is 5.81. The molecule has 3 rings (SSSR count). The molecule has 1 N–H and O–H groups in total. The molecule has 1 aliphatic heterocycles. The van der Waals surface area contributed by atoms with E-state index in [0.29, 0.717) is 37.4 Å². The number of ether oxygens (including phenoxy) is 1. The third-order valence-corrected chi connectivity index (χ3v) is 4.94. The van der Waals surface area contributed by atoms with Crippen molar-refractivity contribution in [3.05, 3.63) is 62.8 Å². The number of H-pyrrole nitrogens is 1. The highest BCUT2D eigenvalue weighted by Gasteiger charge is 2.25. The molecule has 0 aliphatic carbocycles. The van der Waals surface area contributed by atoms with Crippen molar-refractivity contribution < 1.29 is 14.3 Å². The fourth-order valence-electron chi connectivity index (χ4n) is 3.36. The van der Waals surface area contributed by atoms with Crippen LogP contribution in [-0.4, -0.2) is 39.9 Å². The predicted octanol–water partition coefficient (Wildman–Crippen LogP) is 1.90. The van der Waals surface area contributed by atoms with Gasteiger partial charge in [0, 0.05) is 25.8 Å². The van der Waals surface area contributed by atoms with Gasteiger partial charge in [0.2, 0.25) is 5.91 Å². The molecule has 0 saturated heterocycles. The molecule has 1 amide bonds. The summed E-state index contributed by atoms with van der Waals surface area (Å²) < 4.78 is 4.85. The van der Waals surface area contributed by atoms with Crippen LogP contribution in [0.4, 0.5) is 0 Å². The number of esters is 1. The van der Waals surface area contributed by atoms with Crippen molar-refractivity contribution in [2.45, 2.75) is 46.1 Å². The molecule has 2 heterocycles. The van der Waals surface area contributed by atoms with E-state index in [-0.39, 0.29) is 36.8 Å². The largest absolute Gasteiger partial charge is 0.466 e. The number of nitrogens with one attached hydrogen (secondary N) is 1. The molecular formula is C21H25N3O4. The van der Waals surface area contributed by atoms with Gasteiger partial charge in [0.15, 0.2) is 0 Å². The number of benzene rings is 1. The molecule has 2 aromatic rings. The predicted molar refractivity (Wildman–Crippen MR) is 104 cm³/mol. The zero-order chi connectivity index (χ0) is 20.1. The lowest BCUT2D eigenvalue weighted by atomic mass is 10.0. The molecule has 0 saturated carbocycles. The molecule has 1 aliphatic rings. The molecule has 0 bridgehead atoms. The van der Waals surface area contributed by atoms with Crippen molar-refractivity contribution in [3.8, 4) is 0 Å². The van der Waals surface area contributed by atoms with Gasteiger partial charge in [-0.25, -0.2) is 4.98 Å². The van der Waals surface area contributed by atoms with E-state index in [1.807, 2.05) is 31.2 Å². The standard InChI is InChI=1S/C21H25N3O4/c1-3-28-20(26)9-8-19(25)24-11-10-17-16(13-24)21(27)23-18(22-17)12-15-7-5-4-6-14(15)2/h4-7H,3,8-13H2,1-2H3,(H,22,23,27). The van der Waals surface area contributed by atoms with Crippen molar-refractivity contribution >= 4 is 11.9 Å². The van der Waals surface area contributed by atoms with Gasteiger partial charge >= 0.3 is 5.97 Å². The van der Waals surface area contributed by atoms with Crippen LogP contribution in [-0.2, 0) is 33.7 Å².